The second-order valence-corrected chi connectivity index (χ2v) is 9.46. The summed E-state index contributed by atoms with van der Waals surface area (Å²) in [5.74, 6) is 1.23. The number of likely N-dealkylation sites (N-methyl/N-ethyl adjacent to an activating group) is 1. The highest BCUT2D eigenvalue weighted by Gasteiger charge is 2.35. The third-order valence-corrected chi connectivity index (χ3v) is 6.64. The molecule has 1 saturated carbocycles. The molecule has 1 fully saturated rings. The number of hydrogen-bond acceptors (Lipinski definition) is 5. The van der Waals surface area contributed by atoms with Gasteiger partial charge in [-0.05, 0) is 44.5 Å². The first-order valence-corrected chi connectivity index (χ1v) is 11.9. The van der Waals surface area contributed by atoms with Gasteiger partial charge < -0.3 is 19.2 Å². The van der Waals surface area contributed by atoms with Gasteiger partial charge in [0.15, 0.2) is 0 Å². The number of fused-ring (bicyclic) bond motifs is 1. The van der Waals surface area contributed by atoms with Crippen LogP contribution in [0.2, 0.25) is 0 Å². The summed E-state index contributed by atoms with van der Waals surface area (Å²) in [7, 11) is 4.09. The van der Waals surface area contributed by atoms with Gasteiger partial charge in [-0.2, -0.15) is 0 Å². The minimum Gasteiger partial charge on any atom is -0.338 e. The van der Waals surface area contributed by atoms with Crippen LogP contribution in [0.3, 0.4) is 0 Å². The number of benzene rings is 2. The molecule has 2 aromatic carbocycles. The van der Waals surface area contributed by atoms with E-state index in [1.807, 2.05) is 37.2 Å². The van der Waals surface area contributed by atoms with Crippen LogP contribution in [0.4, 0.5) is 5.88 Å². The van der Waals surface area contributed by atoms with Gasteiger partial charge in [-0.25, -0.2) is 0 Å². The molecule has 5 rings (SSSR count). The summed E-state index contributed by atoms with van der Waals surface area (Å²) in [5.41, 5.74) is 5.59. The highest BCUT2D eigenvalue weighted by molar-refractivity contribution is 5.81. The van der Waals surface area contributed by atoms with Crippen LogP contribution in [0.5, 0.6) is 0 Å². The van der Waals surface area contributed by atoms with Crippen LogP contribution in [0.1, 0.15) is 29.5 Å². The Hall–Kier alpha value is -3.12. The Bertz CT molecular complexity index is 1100. The first kappa shape index (κ1) is 21.7. The third kappa shape index (κ3) is 4.81. The Morgan fingerprint density at radius 1 is 1.03 bits per heavy atom. The monoisotopic (exact) mass is 444 g/mol. The van der Waals surface area contributed by atoms with E-state index in [-0.39, 0.29) is 11.8 Å². The lowest BCUT2D eigenvalue weighted by Crippen LogP contribution is -2.38. The highest BCUT2D eigenvalue weighted by atomic mass is 16.5. The summed E-state index contributed by atoms with van der Waals surface area (Å²) >= 11 is 0. The predicted molar refractivity (Wildman–Crippen MR) is 130 cm³/mol. The van der Waals surface area contributed by atoms with Crippen LogP contribution in [-0.2, 0) is 24.3 Å². The average molecular weight is 445 g/mol. The number of carbonyl (C=O) groups is 1. The fourth-order valence-corrected chi connectivity index (χ4v) is 4.55. The minimum atomic E-state index is 0.178. The van der Waals surface area contributed by atoms with Crippen LogP contribution >= 0.6 is 0 Å². The molecule has 0 atom stereocenters. The van der Waals surface area contributed by atoms with Crippen LogP contribution in [0.25, 0.3) is 11.3 Å². The number of nitrogens with zero attached hydrogens (tertiary/aromatic N) is 4. The van der Waals surface area contributed by atoms with Crippen LogP contribution in [0.15, 0.2) is 59.1 Å². The van der Waals surface area contributed by atoms with E-state index < -0.39 is 0 Å². The van der Waals surface area contributed by atoms with Gasteiger partial charge in [-0.15, -0.1) is 0 Å². The maximum absolute atomic E-state index is 13.2. The van der Waals surface area contributed by atoms with Gasteiger partial charge in [-0.3, -0.25) is 4.79 Å². The quantitative estimate of drug-likeness (QED) is 0.521. The molecular formula is C27H32N4O2. The molecule has 6 nitrogen and oxygen atoms in total. The van der Waals surface area contributed by atoms with Crippen molar-refractivity contribution in [1.29, 1.82) is 0 Å². The van der Waals surface area contributed by atoms with Gasteiger partial charge in [0.2, 0.25) is 11.8 Å². The molecule has 2 heterocycles. The van der Waals surface area contributed by atoms with Gasteiger partial charge >= 0.3 is 0 Å². The highest BCUT2D eigenvalue weighted by Crippen LogP contribution is 2.37. The smallest absolute Gasteiger partial charge is 0.233 e. The van der Waals surface area contributed by atoms with E-state index in [1.165, 1.54) is 11.1 Å². The normalized spacial score (nSPS) is 15.5. The molecule has 0 saturated heterocycles. The lowest BCUT2D eigenvalue weighted by atomic mass is 9.99. The Morgan fingerprint density at radius 2 is 1.76 bits per heavy atom. The molecule has 0 bridgehead atoms. The zero-order valence-corrected chi connectivity index (χ0v) is 19.5. The van der Waals surface area contributed by atoms with E-state index >= 15 is 0 Å². The number of amides is 1. The second-order valence-electron chi connectivity index (χ2n) is 9.46. The molecule has 2 aliphatic rings. The van der Waals surface area contributed by atoms with E-state index in [2.05, 4.69) is 51.4 Å². The van der Waals surface area contributed by atoms with Crippen molar-refractivity contribution in [2.24, 2.45) is 5.92 Å². The van der Waals surface area contributed by atoms with Crippen LogP contribution in [-0.4, -0.2) is 54.6 Å². The van der Waals surface area contributed by atoms with E-state index in [0.29, 0.717) is 13.1 Å². The van der Waals surface area contributed by atoms with Gasteiger partial charge in [0.05, 0.1) is 12.1 Å². The van der Waals surface area contributed by atoms with Crippen molar-refractivity contribution in [2.75, 3.05) is 38.6 Å². The lowest BCUT2D eigenvalue weighted by Gasteiger charge is -2.30. The van der Waals surface area contributed by atoms with Crippen molar-refractivity contribution in [3.63, 3.8) is 0 Å². The molecule has 0 unspecified atom stereocenters. The molecule has 6 heteroatoms. The number of rotatable bonds is 8. The fourth-order valence-electron chi connectivity index (χ4n) is 4.55. The molecular weight excluding hydrogens is 412 g/mol. The molecule has 0 radical (unpaired) electrons. The summed E-state index contributed by atoms with van der Waals surface area (Å²) in [6.07, 6.45) is 2.98. The molecule has 33 heavy (non-hydrogen) atoms. The van der Waals surface area contributed by atoms with Crippen molar-refractivity contribution >= 4 is 11.8 Å². The summed E-state index contributed by atoms with van der Waals surface area (Å²) in [6.45, 7) is 3.72. The molecule has 0 N–H and O–H groups in total. The Labute approximate surface area is 195 Å². The maximum atomic E-state index is 13.2. The molecule has 1 aliphatic heterocycles. The summed E-state index contributed by atoms with van der Waals surface area (Å²) in [5, 5.41) is 4.52. The van der Waals surface area contributed by atoms with E-state index in [0.717, 1.165) is 61.6 Å². The third-order valence-electron chi connectivity index (χ3n) is 6.64. The summed E-state index contributed by atoms with van der Waals surface area (Å²) in [4.78, 5) is 19.6. The summed E-state index contributed by atoms with van der Waals surface area (Å²) < 4.78 is 6.01. The Morgan fingerprint density at radius 3 is 2.48 bits per heavy atom. The number of hydrogen-bond donors (Lipinski definition) is 0. The Kier molecular flexibility index (Phi) is 6.18. The van der Waals surface area contributed by atoms with Gasteiger partial charge in [-0.1, -0.05) is 59.8 Å². The fraction of sp³-hybridized carbons (Fsp3) is 0.407. The molecule has 3 aromatic rings. The second kappa shape index (κ2) is 9.40. The lowest BCUT2D eigenvalue weighted by molar-refractivity contribution is -0.133. The first-order chi connectivity index (χ1) is 16.1. The SMILES string of the molecule is CN(C)CCN(Cc1c(-c2ccccc2)noc1N1CCc2ccccc2C1)C(=O)C1CC1. The van der Waals surface area contributed by atoms with Crippen molar-refractivity contribution < 1.29 is 9.32 Å². The van der Waals surface area contributed by atoms with Crippen molar-refractivity contribution in [1.82, 2.24) is 15.0 Å². The minimum absolute atomic E-state index is 0.178. The number of anilines is 1. The van der Waals surface area contributed by atoms with Gasteiger partial charge in [0.25, 0.3) is 0 Å². The van der Waals surface area contributed by atoms with Crippen LogP contribution in [0, 0.1) is 5.92 Å². The topological polar surface area (TPSA) is 52.8 Å². The molecule has 1 amide bonds. The van der Waals surface area contributed by atoms with Crippen LogP contribution < -0.4 is 4.90 Å². The van der Waals surface area contributed by atoms with Gasteiger partial charge in [0.1, 0.15) is 5.69 Å². The Balaban J connectivity index is 1.49. The van der Waals surface area contributed by atoms with E-state index in [1.54, 1.807) is 0 Å². The predicted octanol–water partition coefficient (Wildman–Crippen LogP) is 4.20. The maximum Gasteiger partial charge on any atom is 0.233 e. The average Bonchev–Trinajstić information content (AvgIpc) is 3.61. The molecule has 0 spiro atoms. The number of aromatic nitrogens is 1. The van der Waals surface area contributed by atoms with E-state index in [4.69, 9.17) is 4.52 Å². The zero-order valence-electron chi connectivity index (χ0n) is 19.5. The largest absolute Gasteiger partial charge is 0.338 e. The van der Waals surface area contributed by atoms with E-state index in [9.17, 15) is 4.79 Å². The number of carbonyl (C=O) groups excluding carboxylic acids is 1. The zero-order chi connectivity index (χ0) is 22.8. The van der Waals surface area contributed by atoms with Crippen molar-refractivity contribution in [3.05, 3.63) is 71.3 Å². The molecule has 172 valence electrons. The van der Waals surface area contributed by atoms with Crippen molar-refractivity contribution in [3.8, 4) is 11.3 Å². The first-order valence-electron chi connectivity index (χ1n) is 11.9. The molecule has 1 aliphatic carbocycles. The molecule has 1 aromatic heterocycles. The van der Waals surface area contributed by atoms with Crippen molar-refractivity contribution in [2.45, 2.75) is 32.4 Å². The standard InChI is InChI=1S/C27H32N4O2/c1-29(2)16-17-30(26(32)22-12-13-22)19-24-25(21-9-4-3-5-10-21)28-33-27(24)31-15-14-20-8-6-7-11-23(20)18-31/h3-11,22H,12-19H2,1-2H3. The van der Waals surface area contributed by atoms with Gasteiger partial charge in [0, 0.05) is 37.7 Å². The summed E-state index contributed by atoms with van der Waals surface area (Å²) in [6, 6.07) is 18.8.